The molecule has 2 nitrogen and oxygen atoms in total. The Hall–Kier alpha value is -1.02. The van der Waals surface area contributed by atoms with Gasteiger partial charge >= 0.3 is 0 Å². The van der Waals surface area contributed by atoms with E-state index >= 15 is 0 Å². The summed E-state index contributed by atoms with van der Waals surface area (Å²) in [4.78, 5) is 2.33. The molecule has 2 atom stereocenters. The molecule has 1 rings (SSSR count). The first kappa shape index (κ1) is 13.0. The number of anilines is 1. The summed E-state index contributed by atoms with van der Waals surface area (Å²) >= 11 is 0. The van der Waals surface area contributed by atoms with Gasteiger partial charge in [-0.3, -0.25) is 0 Å². The van der Waals surface area contributed by atoms with E-state index in [4.69, 9.17) is 0 Å². The van der Waals surface area contributed by atoms with Crippen molar-refractivity contribution in [3.63, 3.8) is 0 Å². The van der Waals surface area contributed by atoms with E-state index in [2.05, 4.69) is 62.3 Å². The molecule has 0 spiro atoms. The Balaban J connectivity index is 2.78. The smallest absolute Gasteiger partial charge is 0.0366 e. The van der Waals surface area contributed by atoms with E-state index in [-0.39, 0.29) is 0 Å². The van der Waals surface area contributed by atoms with E-state index in [1.807, 2.05) is 7.05 Å². The van der Waals surface area contributed by atoms with E-state index in [1.165, 1.54) is 17.7 Å². The van der Waals surface area contributed by atoms with E-state index in [0.717, 1.165) is 0 Å². The number of rotatable bonds is 5. The van der Waals surface area contributed by atoms with Crippen LogP contribution in [0.5, 0.6) is 0 Å². The quantitative estimate of drug-likeness (QED) is 0.819. The summed E-state index contributed by atoms with van der Waals surface area (Å²) in [7, 11) is 4.15. The predicted octanol–water partition coefficient (Wildman–Crippen LogP) is 3.20. The topological polar surface area (TPSA) is 15.3 Å². The second-order valence-electron chi connectivity index (χ2n) is 4.47. The summed E-state index contributed by atoms with van der Waals surface area (Å²) in [5, 5.41) is 3.25. The minimum absolute atomic E-state index is 0.419. The van der Waals surface area contributed by atoms with Crippen molar-refractivity contribution in [3.8, 4) is 0 Å². The Labute approximate surface area is 99.7 Å². The van der Waals surface area contributed by atoms with Crippen LogP contribution in [0.2, 0.25) is 0 Å². The van der Waals surface area contributed by atoms with Gasteiger partial charge in [0.25, 0.3) is 0 Å². The highest BCUT2D eigenvalue weighted by atomic mass is 15.1. The molecule has 2 heteroatoms. The fourth-order valence-electron chi connectivity index (χ4n) is 1.69. The second kappa shape index (κ2) is 5.90. The Bertz CT molecular complexity index is 305. The van der Waals surface area contributed by atoms with Gasteiger partial charge in [0, 0.05) is 24.8 Å². The molecule has 0 fully saturated rings. The Morgan fingerprint density at radius 1 is 1.19 bits per heavy atom. The van der Waals surface area contributed by atoms with E-state index in [9.17, 15) is 0 Å². The van der Waals surface area contributed by atoms with Gasteiger partial charge in [0.05, 0.1) is 0 Å². The zero-order valence-electron chi connectivity index (χ0n) is 11.1. The lowest BCUT2D eigenvalue weighted by molar-refractivity contribution is 0.649. The lowest BCUT2D eigenvalue weighted by Crippen LogP contribution is -2.27. The van der Waals surface area contributed by atoms with Crippen LogP contribution in [0.4, 0.5) is 5.69 Å². The number of nitrogens with zero attached hydrogens (tertiary/aromatic N) is 1. The van der Waals surface area contributed by atoms with E-state index in [1.54, 1.807) is 0 Å². The highest BCUT2D eigenvalue weighted by molar-refractivity contribution is 5.48. The van der Waals surface area contributed by atoms with Gasteiger partial charge in [-0.1, -0.05) is 19.1 Å². The van der Waals surface area contributed by atoms with Crippen molar-refractivity contribution >= 4 is 5.69 Å². The molecule has 2 unspecified atom stereocenters. The van der Waals surface area contributed by atoms with Crippen LogP contribution < -0.4 is 10.2 Å². The molecule has 1 aromatic rings. The average Bonchev–Trinajstić information content (AvgIpc) is 2.36. The van der Waals surface area contributed by atoms with E-state index < -0.39 is 0 Å². The molecule has 0 aliphatic heterocycles. The molecule has 0 aliphatic rings. The Kier molecular flexibility index (Phi) is 4.81. The minimum atomic E-state index is 0.419. The molecular weight excluding hydrogens is 196 g/mol. The fraction of sp³-hybridized carbons (Fsp3) is 0.571. The number of hydrogen-bond donors (Lipinski definition) is 1. The molecule has 1 aromatic carbocycles. The summed E-state index contributed by atoms with van der Waals surface area (Å²) in [6, 6.07) is 9.82. The van der Waals surface area contributed by atoms with Crippen molar-refractivity contribution in [1.82, 2.24) is 5.32 Å². The van der Waals surface area contributed by atoms with Crippen molar-refractivity contribution in [1.29, 1.82) is 0 Å². The summed E-state index contributed by atoms with van der Waals surface area (Å²) in [6.45, 7) is 6.65. The summed E-state index contributed by atoms with van der Waals surface area (Å²) in [5.41, 5.74) is 2.63. The summed E-state index contributed by atoms with van der Waals surface area (Å²) in [6.07, 6.45) is 1.17. The Morgan fingerprint density at radius 3 is 2.19 bits per heavy atom. The first-order chi connectivity index (χ1) is 7.60. The standard InChI is InChI=1S/C14H24N2/c1-6-11(2)16(5)14-9-7-13(8-10-14)12(3)15-4/h7-12,15H,6H2,1-5H3. The van der Waals surface area contributed by atoms with Crippen molar-refractivity contribution in [2.24, 2.45) is 0 Å². The van der Waals surface area contributed by atoms with Gasteiger partial charge in [-0.05, 0) is 45.0 Å². The van der Waals surface area contributed by atoms with Crippen LogP contribution in [0.25, 0.3) is 0 Å². The van der Waals surface area contributed by atoms with Gasteiger partial charge in [0.15, 0.2) is 0 Å². The zero-order valence-corrected chi connectivity index (χ0v) is 11.1. The molecule has 0 aliphatic carbocycles. The van der Waals surface area contributed by atoms with Crippen molar-refractivity contribution in [3.05, 3.63) is 29.8 Å². The minimum Gasteiger partial charge on any atom is -0.372 e. The van der Waals surface area contributed by atoms with Gasteiger partial charge in [0.1, 0.15) is 0 Å². The highest BCUT2D eigenvalue weighted by Crippen LogP contribution is 2.20. The molecule has 0 radical (unpaired) electrons. The molecule has 16 heavy (non-hydrogen) atoms. The molecule has 0 aromatic heterocycles. The van der Waals surface area contributed by atoms with Gasteiger partial charge in [0.2, 0.25) is 0 Å². The molecule has 0 amide bonds. The van der Waals surface area contributed by atoms with Crippen molar-refractivity contribution in [2.45, 2.75) is 39.3 Å². The van der Waals surface area contributed by atoms with E-state index in [0.29, 0.717) is 12.1 Å². The van der Waals surface area contributed by atoms with Crippen molar-refractivity contribution in [2.75, 3.05) is 19.0 Å². The van der Waals surface area contributed by atoms with Crippen LogP contribution in [0.3, 0.4) is 0 Å². The van der Waals surface area contributed by atoms with Crippen LogP contribution in [0, 0.1) is 0 Å². The maximum absolute atomic E-state index is 3.25. The first-order valence-electron chi connectivity index (χ1n) is 6.10. The monoisotopic (exact) mass is 220 g/mol. The first-order valence-corrected chi connectivity index (χ1v) is 6.10. The lowest BCUT2D eigenvalue weighted by Gasteiger charge is -2.26. The summed E-state index contributed by atoms with van der Waals surface area (Å²) in [5.74, 6) is 0. The summed E-state index contributed by atoms with van der Waals surface area (Å²) < 4.78 is 0. The third-order valence-corrected chi connectivity index (χ3v) is 3.49. The largest absolute Gasteiger partial charge is 0.372 e. The third-order valence-electron chi connectivity index (χ3n) is 3.49. The number of hydrogen-bond acceptors (Lipinski definition) is 2. The molecule has 0 bridgehead atoms. The van der Waals surface area contributed by atoms with Gasteiger partial charge in [-0.25, -0.2) is 0 Å². The third kappa shape index (κ3) is 2.99. The molecule has 1 N–H and O–H groups in total. The molecule has 90 valence electrons. The lowest BCUT2D eigenvalue weighted by atomic mass is 10.1. The maximum Gasteiger partial charge on any atom is 0.0366 e. The fourth-order valence-corrected chi connectivity index (χ4v) is 1.69. The highest BCUT2D eigenvalue weighted by Gasteiger charge is 2.08. The maximum atomic E-state index is 3.25. The molecular formula is C14H24N2. The zero-order chi connectivity index (χ0) is 12.1. The number of benzene rings is 1. The van der Waals surface area contributed by atoms with Crippen LogP contribution in [-0.4, -0.2) is 20.1 Å². The van der Waals surface area contributed by atoms with Crippen molar-refractivity contribution < 1.29 is 0 Å². The molecule has 0 heterocycles. The normalized spacial score (nSPS) is 14.6. The van der Waals surface area contributed by atoms with Crippen LogP contribution in [-0.2, 0) is 0 Å². The SMILES string of the molecule is CCC(C)N(C)c1ccc(C(C)NC)cc1. The average molecular weight is 220 g/mol. The predicted molar refractivity (Wildman–Crippen MR) is 72.1 cm³/mol. The molecule has 0 saturated heterocycles. The molecule has 0 saturated carbocycles. The van der Waals surface area contributed by atoms with Gasteiger partial charge in [-0.2, -0.15) is 0 Å². The second-order valence-corrected chi connectivity index (χ2v) is 4.47. The Morgan fingerprint density at radius 2 is 1.75 bits per heavy atom. The van der Waals surface area contributed by atoms with Gasteiger partial charge in [-0.15, -0.1) is 0 Å². The van der Waals surface area contributed by atoms with Gasteiger partial charge < -0.3 is 10.2 Å². The number of nitrogens with one attached hydrogen (secondary N) is 1. The van der Waals surface area contributed by atoms with Crippen LogP contribution >= 0.6 is 0 Å². The van der Waals surface area contributed by atoms with Crippen LogP contribution in [0.1, 0.15) is 38.8 Å². The van der Waals surface area contributed by atoms with Crippen LogP contribution in [0.15, 0.2) is 24.3 Å².